The lowest BCUT2D eigenvalue weighted by atomic mass is 10.2. The molecule has 0 unspecified atom stereocenters. The first kappa shape index (κ1) is 13.7. The van der Waals surface area contributed by atoms with Crippen molar-refractivity contribution in [3.05, 3.63) is 58.0 Å². The molecule has 6 nitrogen and oxygen atoms in total. The molecular weight excluding hydrogens is 265 g/mol. The summed E-state index contributed by atoms with van der Waals surface area (Å²) in [5.41, 5.74) is 0.444. The van der Waals surface area contributed by atoms with Crippen molar-refractivity contribution in [1.82, 2.24) is 4.98 Å². The van der Waals surface area contributed by atoms with Gasteiger partial charge in [0, 0.05) is 24.9 Å². The summed E-state index contributed by atoms with van der Waals surface area (Å²) in [6, 6.07) is 6.80. The number of hydrogen-bond acceptors (Lipinski definition) is 5. The molecule has 0 aliphatic heterocycles. The van der Waals surface area contributed by atoms with Crippen molar-refractivity contribution < 1.29 is 14.1 Å². The molecule has 2 aromatic rings. The highest BCUT2D eigenvalue weighted by Crippen LogP contribution is 2.24. The van der Waals surface area contributed by atoms with Crippen LogP contribution in [0.15, 0.2) is 36.5 Å². The van der Waals surface area contributed by atoms with E-state index in [4.69, 9.17) is 4.74 Å². The van der Waals surface area contributed by atoms with E-state index in [2.05, 4.69) is 10.3 Å². The number of non-ortho nitro benzene ring substituents is 1. The van der Waals surface area contributed by atoms with Gasteiger partial charge in [-0.05, 0) is 12.1 Å². The minimum Gasteiger partial charge on any atom is -0.486 e. The number of benzene rings is 1. The van der Waals surface area contributed by atoms with E-state index in [1.54, 1.807) is 25.4 Å². The average Bonchev–Trinajstić information content (AvgIpc) is 2.46. The van der Waals surface area contributed by atoms with Gasteiger partial charge in [0.05, 0.1) is 11.0 Å². The molecule has 0 atom stereocenters. The number of ether oxygens (including phenoxy) is 1. The molecule has 1 aromatic heterocycles. The third kappa shape index (κ3) is 3.00. The third-order valence-corrected chi connectivity index (χ3v) is 2.64. The first-order chi connectivity index (χ1) is 9.61. The Kier molecular flexibility index (Phi) is 4.09. The van der Waals surface area contributed by atoms with Gasteiger partial charge in [0.1, 0.15) is 12.4 Å². The lowest BCUT2D eigenvalue weighted by Crippen LogP contribution is -2.03. The molecule has 0 bridgehead atoms. The van der Waals surface area contributed by atoms with Crippen LogP contribution in [0.4, 0.5) is 15.9 Å². The van der Waals surface area contributed by atoms with Crippen LogP contribution in [0.1, 0.15) is 5.56 Å². The van der Waals surface area contributed by atoms with Crippen molar-refractivity contribution in [2.24, 2.45) is 0 Å². The van der Waals surface area contributed by atoms with Crippen LogP contribution < -0.4 is 10.1 Å². The average molecular weight is 277 g/mol. The van der Waals surface area contributed by atoms with Crippen molar-refractivity contribution in [3.8, 4) is 5.75 Å². The monoisotopic (exact) mass is 277 g/mol. The summed E-state index contributed by atoms with van der Waals surface area (Å²) in [5.74, 6) is -0.176. The van der Waals surface area contributed by atoms with Crippen LogP contribution in [0.3, 0.4) is 0 Å². The van der Waals surface area contributed by atoms with Gasteiger partial charge in [-0.3, -0.25) is 10.1 Å². The number of aromatic nitrogens is 1. The number of nitro benzene ring substituents is 1. The fourth-order valence-electron chi connectivity index (χ4n) is 1.66. The maximum Gasteiger partial charge on any atom is 0.272 e. The number of halogens is 1. The van der Waals surface area contributed by atoms with E-state index in [1.807, 2.05) is 0 Å². The zero-order valence-corrected chi connectivity index (χ0v) is 10.7. The second kappa shape index (κ2) is 5.96. The first-order valence-corrected chi connectivity index (χ1v) is 5.80. The zero-order chi connectivity index (χ0) is 14.5. The van der Waals surface area contributed by atoms with Crippen LogP contribution in [0.2, 0.25) is 0 Å². The molecule has 104 valence electrons. The summed E-state index contributed by atoms with van der Waals surface area (Å²) in [6.45, 7) is 0.110. The van der Waals surface area contributed by atoms with E-state index in [9.17, 15) is 14.5 Å². The maximum atomic E-state index is 13.6. The second-order valence-corrected chi connectivity index (χ2v) is 3.92. The van der Waals surface area contributed by atoms with Crippen LogP contribution in [-0.4, -0.2) is 17.0 Å². The van der Waals surface area contributed by atoms with Crippen LogP contribution in [0, 0.1) is 15.9 Å². The predicted octanol–water partition coefficient (Wildman–Crippen LogP) is 2.75. The van der Waals surface area contributed by atoms with Crippen molar-refractivity contribution in [1.29, 1.82) is 0 Å². The molecule has 1 aromatic carbocycles. The Morgan fingerprint density at radius 3 is 2.90 bits per heavy atom. The molecular formula is C13H12FN3O3. The van der Waals surface area contributed by atoms with Gasteiger partial charge in [0.2, 0.25) is 0 Å². The summed E-state index contributed by atoms with van der Waals surface area (Å²) in [7, 11) is 1.72. The molecule has 1 heterocycles. The maximum absolute atomic E-state index is 13.6. The van der Waals surface area contributed by atoms with Crippen LogP contribution >= 0.6 is 0 Å². The van der Waals surface area contributed by atoms with Gasteiger partial charge in [-0.1, -0.05) is 6.07 Å². The number of pyridine rings is 1. The molecule has 0 aliphatic rings. The van der Waals surface area contributed by atoms with Crippen LogP contribution in [0.5, 0.6) is 5.75 Å². The Hall–Kier alpha value is -2.70. The predicted molar refractivity (Wildman–Crippen MR) is 71.2 cm³/mol. The number of nitrogens with one attached hydrogen (secondary N) is 1. The molecule has 0 aliphatic carbocycles. The summed E-state index contributed by atoms with van der Waals surface area (Å²) in [4.78, 5) is 13.9. The summed E-state index contributed by atoms with van der Waals surface area (Å²) in [5, 5.41) is 13.4. The molecule has 0 fully saturated rings. The van der Waals surface area contributed by atoms with Crippen molar-refractivity contribution in [2.45, 2.75) is 6.61 Å². The number of rotatable bonds is 5. The lowest BCUT2D eigenvalue weighted by Gasteiger charge is -2.10. The number of nitrogens with zero attached hydrogens (tertiary/aromatic N) is 2. The Balaban J connectivity index is 2.13. The lowest BCUT2D eigenvalue weighted by molar-refractivity contribution is -0.385. The van der Waals surface area contributed by atoms with Gasteiger partial charge in [-0.15, -0.1) is 0 Å². The molecule has 0 spiro atoms. The molecule has 0 saturated heterocycles. The van der Waals surface area contributed by atoms with E-state index in [-0.39, 0.29) is 18.0 Å². The summed E-state index contributed by atoms with van der Waals surface area (Å²) >= 11 is 0. The van der Waals surface area contributed by atoms with E-state index in [0.29, 0.717) is 5.82 Å². The fourth-order valence-corrected chi connectivity index (χ4v) is 1.66. The SMILES string of the molecule is CNc1ncccc1COc1ccc([N+](=O)[O-])cc1F. The van der Waals surface area contributed by atoms with Gasteiger partial charge >= 0.3 is 0 Å². The summed E-state index contributed by atoms with van der Waals surface area (Å²) in [6.07, 6.45) is 1.63. The Labute approximate surface area is 114 Å². The molecule has 0 saturated carbocycles. The van der Waals surface area contributed by atoms with Crippen molar-refractivity contribution in [2.75, 3.05) is 12.4 Å². The Morgan fingerprint density at radius 1 is 1.45 bits per heavy atom. The molecule has 1 N–H and O–H groups in total. The highest BCUT2D eigenvalue weighted by Gasteiger charge is 2.12. The number of anilines is 1. The third-order valence-electron chi connectivity index (χ3n) is 2.64. The standard InChI is InChI=1S/C13H12FN3O3/c1-15-13-9(3-2-6-16-13)8-20-12-5-4-10(17(18)19)7-11(12)14/h2-7H,8H2,1H3,(H,15,16). The summed E-state index contributed by atoms with van der Waals surface area (Å²) < 4.78 is 19.0. The van der Waals surface area contributed by atoms with E-state index < -0.39 is 10.7 Å². The van der Waals surface area contributed by atoms with E-state index >= 15 is 0 Å². The largest absolute Gasteiger partial charge is 0.486 e. The minimum absolute atomic E-state index is 0.0403. The van der Waals surface area contributed by atoms with Gasteiger partial charge in [0.15, 0.2) is 11.6 Å². The quantitative estimate of drug-likeness (QED) is 0.671. The molecule has 0 radical (unpaired) electrons. The van der Waals surface area contributed by atoms with Gasteiger partial charge in [-0.25, -0.2) is 9.37 Å². The van der Waals surface area contributed by atoms with Crippen LogP contribution in [0.25, 0.3) is 0 Å². The van der Waals surface area contributed by atoms with Crippen LogP contribution in [-0.2, 0) is 6.61 Å². The smallest absolute Gasteiger partial charge is 0.272 e. The molecule has 2 rings (SSSR count). The highest BCUT2D eigenvalue weighted by atomic mass is 19.1. The first-order valence-electron chi connectivity index (χ1n) is 5.80. The second-order valence-electron chi connectivity index (χ2n) is 3.92. The minimum atomic E-state index is -0.769. The van der Waals surface area contributed by atoms with Crippen molar-refractivity contribution >= 4 is 11.5 Å². The normalized spacial score (nSPS) is 10.1. The molecule has 20 heavy (non-hydrogen) atoms. The van der Waals surface area contributed by atoms with Crippen molar-refractivity contribution in [3.63, 3.8) is 0 Å². The van der Waals surface area contributed by atoms with E-state index in [0.717, 1.165) is 11.6 Å². The van der Waals surface area contributed by atoms with E-state index in [1.165, 1.54) is 12.1 Å². The topological polar surface area (TPSA) is 77.3 Å². The molecule has 0 amide bonds. The Morgan fingerprint density at radius 2 is 2.25 bits per heavy atom. The van der Waals surface area contributed by atoms with Gasteiger partial charge in [0.25, 0.3) is 5.69 Å². The highest BCUT2D eigenvalue weighted by molar-refractivity contribution is 5.43. The fraction of sp³-hybridized carbons (Fsp3) is 0.154. The molecule has 7 heteroatoms. The van der Waals surface area contributed by atoms with Gasteiger partial charge < -0.3 is 10.1 Å². The number of nitro groups is 1. The zero-order valence-electron chi connectivity index (χ0n) is 10.7. The van der Waals surface area contributed by atoms with Gasteiger partial charge in [-0.2, -0.15) is 0 Å². The number of hydrogen-bond donors (Lipinski definition) is 1. The Bertz CT molecular complexity index is 634.